The Labute approximate surface area is 107 Å². The topological polar surface area (TPSA) is 67.8 Å². The number of carboxylic acid groups (broad SMARTS) is 1. The Kier molecular flexibility index (Phi) is 4.83. The van der Waals surface area contributed by atoms with Crippen molar-refractivity contribution in [1.29, 1.82) is 0 Å². The van der Waals surface area contributed by atoms with Crippen molar-refractivity contribution in [1.82, 2.24) is 0 Å². The third-order valence-corrected chi connectivity index (χ3v) is 2.65. The third-order valence-electron chi connectivity index (χ3n) is 2.65. The lowest BCUT2D eigenvalue weighted by atomic mass is 10.0. The van der Waals surface area contributed by atoms with Crippen molar-refractivity contribution < 1.29 is 19.4 Å². The van der Waals surface area contributed by atoms with E-state index in [-0.39, 0.29) is 5.92 Å². The van der Waals surface area contributed by atoms with Crippen LogP contribution in [0.25, 0.3) is 0 Å². The molecule has 1 aromatic carbocycles. The Bertz CT molecular complexity index is 417. The zero-order valence-electron chi connectivity index (χ0n) is 11.1. The monoisotopic (exact) mass is 253 g/mol. The fourth-order valence-corrected chi connectivity index (χ4v) is 1.60. The van der Waals surface area contributed by atoms with Crippen molar-refractivity contribution in [2.75, 3.05) is 19.5 Å². The summed E-state index contributed by atoms with van der Waals surface area (Å²) >= 11 is 0. The largest absolute Gasteiger partial charge is 0.497 e. The number of anilines is 1. The van der Waals surface area contributed by atoms with E-state index in [1.54, 1.807) is 25.3 Å². The molecule has 0 aliphatic rings. The number of nitrogens with one attached hydrogen (secondary N) is 1. The van der Waals surface area contributed by atoms with Gasteiger partial charge in [-0.3, -0.25) is 0 Å². The Morgan fingerprint density at radius 2 is 1.94 bits per heavy atom. The van der Waals surface area contributed by atoms with Crippen LogP contribution >= 0.6 is 0 Å². The van der Waals surface area contributed by atoms with Gasteiger partial charge >= 0.3 is 5.97 Å². The van der Waals surface area contributed by atoms with Crippen LogP contribution in [0.15, 0.2) is 18.2 Å². The van der Waals surface area contributed by atoms with Gasteiger partial charge < -0.3 is 19.9 Å². The number of methoxy groups -OCH3 is 2. The average molecular weight is 253 g/mol. The molecule has 0 amide bonds. The number of carboxylic acids is 1. The number of carbonyl (C=O) groups is 1. The summed E-state index contributed by atoms with van der Waals surface area (Å²) in [5.74, 6) is 0.298. The quantitative estimate of drug-likeness (QED) is 0.813. The second-order valence-electron chi connectivity index (χ2n) is 4.27. The number of hydrogen-bond donors (Lipinski definition) is 2. The van der Waals surface area contributed by atoms with E-state index in [1.807, 2.05) is 13.8 Å². The molecule has 0 saturated heterocycles. The van der Waals surface area contributed by atoms with Crippen LogP contribution < -0.4 is 14.8 Å². The van der Waals surface area contributed by atoms with Gasteiger partial charge in [0.05, 0.1) is 19.9 Å². The Morgan fingerprint density at radius 1 is 1.28 bits per heavy atom. The maximum absolute atomic E-state index is 11.1. The molecule has 0 radical (unpaired) electrons. The number of benzene rings is 1. The zero-order valence-corrected chi connectivity index (χ0v) is 11.1. The molecular weight excluding hydrogens is 234 g/mol. The molecule has 100 valence electrons. The first-order valence-electron chi connectivity index (χ1n) is 5.71. The van der Waals surface area contributed by atoms with Gasteiger partial charge in [0.15, 0.2) is 0 Å². The van der Waals surface area contributed by atoms with Gasteiger partial charge in [-0.1, -0.05) is 13.8 Å². The molecule has 1 atom stereocenters. The molecule has 0 spiro atoms. The summed E-state index contributed by atoms with van der Waals surface area (Å²) < 4.78 is 10.3. The van der Waals surface area contributed by atoms with Gasteiger partial charge in [-0.2, -0.15) is 0 Å². The average Bonchev–Trinajstić information content (AvgIpc) is 2.34. The molecule has 0 unspecified atom stereocenters. The van der Waals surface area contributed by atoms with Crippen LogP contribution in [0.5, 0.6) is 11.5 Å². The highest BCUT2D eigenvalue weighted by Gasteiger charge is 2.22. The summed E-state index contributed by atoms with van der Waals surface area (Å²) in [6.45, 7) is 3.70. The summed E-state index contributed by atoms with van der Waals surface area (Å²) in [4.78, 5) is 11.1. The molecule has 18 heavy (non-hydrogen) atoms. The van der Waals surface area contributed by atoms with Crippen molar-refractivity contribution in [3.63, 3.8) is 0 Å². The predicted octanol–water partition coefficient (Wildman–Crippen LogP) is 2.22. The number of ether oxygens (including phenoxy) is 2. The van der Waals surface area contributed by atoms with E-state index >= 15 is 0 Å². The molecule has 0 heterocycles. The molecule has 0 saturated carbocycles. The van der Waals surface area contributed by atoms with E-state index in [4.69, 9.17) is 14.6 Å². The standard InChI is InChI=1S/C13H19NO4/c1-8(2)12(13(15)16)14-10-6-5-9(17-3)7-11(10)18-4/h5-8,12,14H,1-4H3,(H,15,16)/t12-/m0/s1. The van der Waals surface area contributed by atoms with Gasteiger partial charge in [0.2, 0.25) is 0 Å². The van der Waals surface area contributed by atoms with Gasteiger partial charge in [-0.05, 0) is 18.1 Å². The Balaban J connectivity index is 2.98. The lowest BCUT2D eigenvalue weighted by Crippen LogP contribution is -2.34. The van der Waals surface area contributed by atoms with Crippen LogP contribution in [0.1, 0.15) is 13.8 Å². The molecule has 1 aromatic rings. The van der Waals surface area contributed by atoms with Gasteiger partial charge in [-0.25, -0.2) is 4.79 Å². The van der Waals surface area contributed by atoms with Crippen molar-refractivity contribution in [2.45, 2.75) is 19.9 Å². The molecule has 0 aliphatic heterocycles. The molecule has 5 heteroatoms. The molecule has 0 fully saturated rings. The Morgan fingerprint density at radius 3 is 2.39 bits per heavy atom. The summed E-state index contributed by atoms with van der Waals surface area (Å²) in [6.07, 6.45) is 0. The van der Waals surface area contributed by atoms with Crippen LogP contribution in [0.3, 0.4) is 0 Å². The SMILES string of the molecule is COc1ccc(N[C@H](C(=O)O)C(C)C)c(OC)c1. The zero-order chi connectivity index (χ0) is 13.7. The predicted molar refractivity (Wildman–Crippen MR) is 69.4 cm³/mol. The summed E-state index contributed by atoms with van der Waals surface area (Å²) in [5, 5.41) is 12.1. The summed E-state index contributed by atoms with van der Waals surface area (Å²) in [5.41, 5.74) is 0.638. The summed E-state index contributed by atoms with van der Waals surface area (Å²) in [6, 6.07) is 4.55. The van der Waals surface area contributed by atoms with Gasteiger partial charge in [-0.15, -0.1) is 0 Å². The molecule has 1 rings (SSSR count). The number of aliphatic carboxylic acids is 1. The fourth-order valence-electron chi connectivity index (χ4n) is 1.60. The van der Waals surface area contributed by atoms with Crippen LogP contribution in [0, 0.1) is 5.92 Å². The summed E-state index contributed by atoms with van der Waals surface area (Å²) in [7, 11) is 3.10. The highest BCUT2D eigenvalue weighted by atomic mass is 16.5. The highest BCUT2D eigenvalue weighted by molar-refractivity contribution is 5.78. The second-order valence-corrected chi connectivity index (χ2v) is 4.27. The molecular formula is C13H19NO4. The molecule has 0 bridgehead atoms. The van der Waals surface area contributed by atoms with Gasteiger partial charge in [0.25, 0.3) is 0 Å². The minimum absolute atomic E-state index is 0.0330. The van der Waals surface area contributed by atoms with Crippen LogP contribution in [-0.4, -0.2) is 31.3 Å². The fraction of sp³-hybridized carbons (Fsp3) is 0.462. The van der Waals surface area contributed by atoms with Crippen molar-refractivity contribution in [3.05, 3.63) is 18.2 Å². The minimum Gasteiger partial charge on any atom is -0.497 e. The molecule has 2 N–H and O–H groups in total. The smallest absolute Gasteiger partial charge is 0.326 e. The van der Waals surface area contributed by atoms with Gasteiger partial charge in [0, 0.05) is 6.07 Å². The van der Waals surface area contributed by atoms with Crippen LogP contribution in [-0.2, 0) is 4.79 Å². The first-order chi connectivity index (χ1) is 8.49. The van der Waals surface area contributed by atoms with Crippen molar-refractivity contribution in [3.8, 4) is 11.5 Å². The van der Waals surface area contributed by atoms with Crippen molar-refractivity contribution in [2.24, 2.45) is 5.92 Å². The normalized spacial score (nSPS) is 12.1. The molecule has 0 aromatic heterocycles. The first-order valence-corrected chi connectivity index (χ1v) is 5.71. The number of hydrogen-bond acceptors (Lipinski definition) is 4. The Hall–Kier alpha value is -1.91. The van der Waals surface area contributed by atoms with E-state index in [0.29, 0.717) is 17.2 Å². The highest BCUT2D eigenvalue weighted by Crippen LogP contribution is 2.30. The van der Waals surface area contributed by atoms with E-state index < -0.39 is 12.0 Å². The van der Waals surface area contributed by atoms with Gasteiger partial charge in [0.1, 0.15) is 17.5 Å². The molecule has 0 aliphatic carbocycles. The van der Waals surface area contributed by atoms with Crippen LogP contribution in [0.4, 0.5) is 5.69 Å². The van der Waals surface area contributed by atoms with Crippen molar-refractivity contribution >= 4 is 11.7 Å². The van der Waals surface area contributed by atoms with E-state index in [1.165, 1.54) is 7.11 Å². The van der Waals surface area contributed by atoms with E-state index in [0.717, 1.165) is 0 Å². The van der Waals surface area contributed by atoms with Crippen LogP contribution in [0.2, 0.25) is 0 Å². The maximum atomic E-state index is 11.1. The van der Waals surface area contributed by atoms with E-state index in [2.05, 4.69) is 5.32 Å². The second kappa shape index (κ2) is 6.14. The number of rotatable bonds is 6. The lowest BCUT2D eigenvalue weighted by molar-refractivity contribution is -0.138. The maximum Gasteiger partial charge on any atom is 0.326 e. The first kappa shape index (κ1) is 14.2. The molecule has 5 nitrogen and oxygen atoms in total. The van der Waals surface area contributed by atoms with E-state index in [9.17, 15) is 4.79 Å². The third kappa shape index (κ3) is 3.29. The lowest BCUT2D eigenvalue weighted by Gasteiger charge is -2.21. The minimum atomic E-state index is -0.886.